The smallest absolute Gasteiger partial charge is 0.0782 e. The average molecular weight is 325 g/mol. The van der Waals surface area contributed by atoms with E-state index in [1.165, 1.54) is 0 Å². The summed E-state index contributed by atoms with van der Waals surface area (Å²) in [6.07, 6.45) is 0.552. The van der Waals surface area contributed by atoms with Crippen molar-refractivity contribution in [2.45, 2.75) is 19.3 Å². The van der Waals surface area contributed by atoms with E-state index in [9.17, 15) is 5.26 Å². The van der Waals surface area contributed by atoms with Crippen LogP contribution in [-0.2, 0) is 6.42 Å². The van der Waals surface area contributed by atoms with Crippen LogP contribution in [0.3, 0.4) is 0 Å². The Morgan fingerprint density at radius 3 is 2.10 bits per heavy atom. The molecule has 0 fully saturated rings. The molecule has 1 unspecified atom stereocenters. The minimum Gasteiger partial charge on any atom is -0.198 e. The molecule has 0 aromatic heterocycles. The molecule has 1 atom stereocenters. The standard InChI is InChI=1S/C16H12Cl3N/c1-10-6-14(18)16(15(19)7-10)12(9-20)8-11-2-4-13(17)5-3-11/h2-7,12H,8H2,1H3. The first-order valence-corrected chi connectivity index (χ1v) is 7.24. The molecule has 20 heavy (non-hydrogen) atoms. The molecule has 4 heteroatoms. The van der Waals surface area contributed by atoms with Crippen molar-refractivity contribution in [1.29, 1.82) is 5.26 Å². The molecule has 1 nitrogen and oxygen atoms in total. The van der Waals surface area contributed by atoms with Gasteiger partial charge in [0, 0.05) is 20.6 Å². The van der Waals surface area contributed by atoms with Crippen molar-refractivity contribution in [3.05, 3.63) is 68.2 Å². The SMILES string of the molecule is Cc1cc(Cl)c(C(C#N)Cc2ccc(Cl)cc2)c(Cl)c1. The summed E-state index contributed by atoms with van der Waals surface area (Å²) in [5.41, 5.74) is 2.69. The van der Waals surface area contributed by atoms with Crippen molar-refractivity contribution in [3.63, 3.8) is 0 Å². The number of aryl methyl sites for hydroxylation is 1. The number of benzene rings is 2. The van der Waals surface area contributed by atoms with Crippen LogP contribution in [0.1, 0.15) is 22.6 Å². The lowest BCUT2D eigenvalue weighted by Gasteiger charge is -2.14. The highest BCUT2D eigenvalue weighted by Gasteiger charge is 2.19. The number of halogens is 3. The Kier molecular flexibility index (Phi) is 4.94. The number of hydrogen-bond donors (Lipinski definition) is 0. The lowest BCUT2D eigenvalue weighted by molar-refractivity contribution is 0.849. The van der Waals surface area contributed by atoms with Crippen molar-refractivity contribution in [2.24, 2.45) is 0 Å². The van der Waals surface area contributed by atoms with Gasteiger partial charge in [0.15, 0.2) is 0 Å². The lowest BCUT2D eigenvalue weighted by Crippen LogP contribution is -2.03. The van der Waals surface area contributed by atoms with Gasteiger partial charge in [0.05, 0.1) is 12.0 Å². The summed E-state index contributed by atoms with van der Waals surface area (Å²) in [5, 5.41) is 11.2. The zero-order valence-corrected chi connectivity index (χ0v) is 13.1. The first kappa shape index (κ1) is 15.2. The van der Waals surface area contributed by atoms with Crippen LogP contribution >= 0.6 is 34.8 Å². The minimum absolute atomic E-state index is 0.378. The van der Waals surface area contributed by atoms with E-state index in [0.717, 1.165) is 11.1 Å². The van der Waals surface area contributed by atoms with Gasteiger partial charge in [-0.3, -0.25) is 0 Å². The monoisotopic (exact) mass is 323 g/mol. The highest BCUT2D eigenvalue weighted by Crippen LogP contribution is 2.34. The fraction of sp³-hybridized carbons (Fsp3) is 0.188. The van der Waals surface area contributed by atoms with Gasteiger partial charge >= 0.3 is 0 Å². The van der Waals surface area contributed by atoms with Crippen LogP contribution in [0.2, 0.25) is 15.1 Å². The lowest BCUT2D eigenvalue weighted by atomic mass is 9.92. The third-order valence-corrected chi connectivity index (χ3v) is 3.96. The number of hydrogen-bond acceptors (Lipinski definition) is 1. The van der Waals surface area contributed by atoms with Gasteiger partial charge in [-0.25, -0.2) is 0 Å². The predicted molar refractivity (Wildman–Crippen MR) is 84.7 cm³/mol. The van der Waals surface area contributed by atoms with Gasteiger partial charge in [-0.05, 0) is 48.7 Å². The second-order valence-corrected chi connectivity index (χ2v) is 5.91. The maximum Gasteiger partial charge on any atom is 0.0782 e. The summed E-state index contributed by atoms with van der Waals surface area (Å²) >= 11 is 18.3. The Morgan fingerprint density at radius 1 is 1.05 bits per heavy atom. The summed E-state index contributed by atoms with van der Waals surface area (Å²) in [7, 11) is 0. The predicted octanol–water partition coefficient (Wildman–Crippen LogP) is 5.81. The average Bonchev–Trinajstić information content (AvgIpc) is 2.38. The molecular formula is C16H12Cl3N. The second-order valence-electron chi connectivity index (χ2n) is 4.65. The molecule has 2 aromatic rings. The third-order valence-electron chi connectivity index (χ3n) is 3.08. The molecule has 2 rings (SSSR count). The van der Waals surface area contributed by atoms with E-state index in [0.29, 0.717) is 27.1 Å². The molecule has 2 aromatic carbocycles. The van der Waals surface area contributed by atoms with Crippen LogP contribution < -0.4 is 0 Å². The van der Waals surface area contributed by atoms with Crippen molar-refractivity contribution in [1.82, 2.24) is 0 Å². The van der Waals surface area contributed by atoms with Crippen LogP contribution in [0.4, 0.5) is 0 Å². The van der Waals surface area contributed by atoms with Gasteiger partial charge in [0.1, 0.15) is 0 Å². The molecule has 0 saturated carbocycles. The van der Waals surface area contributed by atoms with Gasteiger partial charge in [-0.1, -0.05) is 46.9 Å². The Morgan fingerprint density at radius 2 is 1.60 bits per heavy atom. The largest absolute Gasteiger partial charge is 0.198 e. The maximum atomic E-state index is 9.42. The Labute approximate surface area is 133 Å². The summed E-state index contributed by atoms with van der Waals surface area (Å²) in [6, 6.07) is 13.4. The van der Waals surface area contributed by atoms with E-state index >= 15 is 0 Å². The van der Waals surface area contributed by atoms with Crippen molar-refractivity contribution in [2.75, 3.05) is 0 Å². The second kappa shape index (κ2) is 6.50. The highest BCUT2D eigenvalue weighted by atomic mass is 35.5. The van der Waals surface area contributed by atoms with Crippen molar-refractivity contribution >= 4 is 34.8 Å². The van der Waals surface area contributed by atoms with Crippen LogP contribution in [0, 0.1) is 18.3 Å². The summed E-state index contributed by atoms with van der Waals surface area (Å²) in [5.74, 6) is -0.378. The normalized spacial score (nSPS) is 11.9. The molecule has 0 aliphatic heterocycles. The molecule has 0 N–H and O–H groups in total. The summed E-state index contributed by atoms with van der Waals surface area (Å²) in [6.45, 7) is 1.92. The quantitative estimate of drug-likeness (QED) is 0.699. The fourth-order valence-corrected chi connectivity index (χ4v) is 3.10. The molecule has 0 radical (unpaired) electrons. The molecule has 0 aliphatic carbocycles. The van der Waals surface area contributed by atoms with Crippen molar-refractivity contribution < 1.29 is 0 Å². The molecule has 0 amide bonds. The van der Waals surface area contributed by atoms with Gasteiger partial charge in [0.25, 0.3) is 0 Å². The van der Waals surface area contributed by atoms with E-state index in [1.807, 2.05) is 43.3 Å². The van der Waals surface area contributed by atoms with Gasteiger partial charge in [-0.2, -0.15) is 5.26 Å². The zero-order valence-electron chi connectivity index (χ0n) is 10.8. The van der Waals surface area contributed by atoms with Crippen LogP contribution in [0.25, 0.3) is 0 Å². The minimum atomic E-state index is -0.378. The zero-order chi connectivity index (χ0) is 14.7. The third kappa shape index (κ3) is 3.46. The topological polar surface area (TPSA) is 23.8 Å². The van der Waals surface area contributed by atoms with E-state index in [1.54, 1.807) is 0 Å². The van der Waals surface area contributed by atoms with Crippen LogP contribution in [0.15, 0.2) is 36.4 Å². The first-order valence-electron chi connectivity index (χ1n) is 6.11. The van der Waals surface area contributed by atoms with E-state index in [4.69, 9.17) is 34.8 Å². The maximum absolute atomic E-state index is 9.42. The Bertz CT molecular complexity index is 633. The molecule has 0 saturated heterocycles. The van der Waals surface area contributed by atoms with Gasteiger partial charge in [0.2, 0.25) is 0 Å². The molecular weight excluding hydrogens is 313 g/mol. The van der Waals surface area contributed by atoms with Gasteiger partial charge < -0.3 is 0 Å². The van der Waals surface area contributed by atoms with Crippen LogP contribution in [-0.4, -0.2) is 0 Å². The Balaban J connectivity index is 2.34. The number of nitriles is 1. The molecule has 0 bridgehead atoms. The van der Waals surface area contributed by atoms with Crippen LogP contribution in [0.5, 0.6) is 0 Å². The summed E-state index contributed by atoms with van der Waals surface area (Å²) in [4.78, 5) is 0. The van der Waals surface area contributed by atoms with E-state index < -0.39 is 0 Å². The Hall–Kier alpha value is -1.20. The first-order chi connectivity index (χ1) is 9.51. The molecule has 0 heterocycles. The number of rotatable bonds is 3. The van der Waals surface area contributed by atoms with E-state index in [2.05, 4.69) is 6.07 Å². The van der Waals surface area contributed by atoms with Crippen molar-refractivity contribution in [3.8, 4) is 6.07 Å². The highest BCUT2D eigenvalue weighted by molar-refractivity contribution is 6.36. The number of nitrogens with zero attached hydrogens (tertiary/aromatic N) is 1. The fourth-order valence-electron chi connectivity index (χ4n) is 2.11. The molecule has 102 valence electrons. The summed E-state index contributed by atoms with van der Waals surface area (Å²) < 4.78 is 0. The molecule has 0 aliphatic rings. The van der Waals surface area contributed by atoms with Gasteiger partial charge in [-0.15, -0.1) is 0 Å². The molecule has 0 spiro atoms. The van der Waals surface area contributed by atoms with E-state index in [-0.39, 0.29) is 5.92 Å².